The maximum atomic E-state index is 12.8. The number of halogens is 1. The van der Waals surface area contributed by atoms with Gasteiger partial charge in [0.25, 0.3) is 0 Å². The summed E-state index contributed by atoms with van der Waals surface area (Å²) in [7, 11) is -3.54. The monoisotopic (exact) mass is 424 g/mol. The van der Waals surface area contributed by atoms with Gasteiger partial charge in [0.2, 0.25) is 5.91 Å². The van der Waals surface area contributed by atoms with E-state index in [4.69, 9.17) is 4.74 Å². The van der Waals surface area contributed by atoms with Crippen molar-refractivity contribution in [2.75, 3.05) is 24.7 Å². The number of anilines is 1. The summed E-state index contributed by atoms with van der Waals surface area (Å²) in [4.78, 5) is 12.8. The molecule has 0 atom stereocenters. The van der Waals surface area contributed by atoms with Crippen molar-refractivity contribution in [1.29, 1.82) is 0 Å². The number of benzene rings is 2. The van der Waals surface area contributed by atoms with E-state index >= 15 is 0 Å². The number of amides is 1. The molecular weight excluding hydrogens is 400 g/mol. The number of hydrogen-bond donors (Lipinski definition) is 2. The average molecular weight is 425 g/mol. The second-order valence-electron chi connectivity index (χ2n) is 6.91. The lowest BCUT2D eigenvalue weighted by Gasteiger charge is -2.34. The third-order valence-corrected chi connectivity index (χ3v) is 6.89. The summed E-state index contributed by atoms with van der Waals surface area (Å²) in [5.74, 6) is 0.898. The van der Waals surface area contributed by atoms with Crippen LogP contribution in [0.15, 0.2) is 48.5 Å². The third kappa shape index (κ3) is 4.84. The SMILES string of the molecule is Cc1cccc(Oc2ccc(NC(=O)C3(S(C)(=O)=O)CCNCC3)cc2)c1.Cl. The quantitative estimate of drug-likeness (QED) is 0.769. The number of aryl methyl sites for hydroxylation is 1. The highest BCUT2D eigenvalue weighted by Crippen LogP contribution is 2.30. The van der Waals surface area contributed by atoms with E-state index in [9.17, 15) is 13.2 Å². The summed E-state index contributed by atoms with van der Waals surface area (Å²) in [6.07, 6.45) is 1.68. The van der Waals surface area contributed by atoms with Crippen LogP contribution in [0.1, 0.15) is 18.4 Å². The van der Waals surface area contributed by atoms with Gasteiger partial charge in [0.1, 0.15) is 11.5 Å². The molecule has 28 heavy (non-hydrogen) atoms. The number of sulfone groups is 1. The Labute approximate surface area is 172 Å². The summed E-state index contributed by atoms with van der Waals surface area (Å²) in [5.41, 5.74) is 1.64. The molecule has 0 unspecified atom stereocenters. The Morgan fingerprint density at radius 3 is 2.29 bits per heavy atom. The van der Waals surface area contributed by atoms with Crippen LogP contribution in [-0.2, 0) is 14.6 Å². The fourth-order valence-corrected chi connectivity index (χ4v) is 4.60. The van der Waals surface area contributed by atoms with Gasteiger partial charge in [0.05, 0.1) is 0 Å². The van der Waals surface area contributed by atoms with Crippen LogP contribution in [0.2, 0.25) is 0 Å². The maximum Gasteiger partial charge on any atom is 0.245 e. The van der Waals surface area contributed by atoms with E-state index in [-0.39, 0.29) is 25.2 Å². The van der Waals surface area contributed by atoms with E-state index in [1.807, 2.05) is 31.2 Å². The topological polar surface area (TPSA) is 84.5 Å². The van der Waals surface area contributed by atoms with E-state index in [0.717, 1.165) is 17.6 Å². The summed E-state index contributed by atoms with van der Waals surface area (Å²) >= 11 is 0. The summed E-state index contributed by atoms with van der Waals surface area (Å²) in [6, 6.07) is 14.6. The standard InChI is InChI=1S/C20H24N2O4S.ClH/c1-15-4-3-5-18(14-15)26-17-8-6-16(7-9-17)22-19(23)20(27(2,24)25)10-12-21-13-11-20;/h3-9,14,21H,10-13H2,1-2H3,(H,22,23);1H. The molecule has 2 aromatic rings. The molecule has 8 heteroatoms. The molecule has 0 spiro atoms. The van der Waals surface area contributed by atoms with Crippen LogP contribution in [0.3, 0.4) is 0 Å². The summed E-state index contributed by atoms with van der Waals surface area (Å²) < 4.78 is 29.0. The van der Waals surface area contributed by atoms with E-state index < -0.39 is 20.5 Å². The van der Waals surface area contributed by atoms with E-state index in [1.165, 1.54) is 0 Å². The number of ether oxygens (including phenoxy) is 1. The number of carbonyl (C=O) groups excluding carboxylic acids is 1. The summed E-state index contributed by atoms with van der Waals surface area (Å²) in [6.45, 7) is 3.00. The van der Waals surface area contributed by atoms with Crippen LogP contribution in [0.25, 0.3) is 0 Å². The molecule has 1 aliphatic heterocycles. The molecule has 3 rings (SSSR count). The predicted molar refractivity (Wildman–Crippen MR) is 113 cm³/mol. The zero-order valence-corrected chi connectivity index (χ0v) is 17.5. The molecule has 0 radical (unpaired) electrons. The third-order valence-electron chi connectivity index (χ3n) is 4.87. The Morgan fingerprint density at radius 2 is 1.71 bits per heavy atom. The first-order valence-electron chi connectivity index (χ1n) is 8.87. The lowest BCUT2D eigenvalue weighted by atomic mass is 9.95. The molecule has 0 aliphatic carbocycles. The molecule has 0 bridgehead atoms. The largest absolute Gasteiger partial charge is 0.457 e. The highest BCUT2D eigenvalue weighted by atomic mass is 35.5. The molecule has 0 saturated carbocycles. The molecule has 0 aromatic heterocycles. The lowest BCUT2D eigenvalue weighted by Crippen LogP contribution is -2.55. The minimum Gasteiger partial charge on any atom is -0.457 e. The zero-order chi connectivity index (χ0) is 19.5. The molecular formula is C20H25ClN2O4S. The average Bonchev–Trinajstić information content (AvgIpc) is 2.63. The Morgan fingerprint density at radius 1 is 1.07 bits per heavy atom. The van der Waals surface area contributed by atoms with Crippen molar-refractivity contribution < 1.29 is 17.9 Å². The van der Waals surface area contributed by atoms with Crippen LogP contribution < -0.4 is 15.4 Å². The Kier molecular flexibility index (Phi) is 7.09. The molecule has 2 aromatic carbocycles. The Balaban J connectivity index is 0.00000280. The second-order valence-corrected chi connectivity index (χ2v) is 9.24. The number of piperidine rings is 1. The van der Waals surface area contributed by atoms with Gasteiger partial charge in [-0.3, -0.25) is 4.79 Å². The van der Waals surface area contributed by atoms with Gasteiger partial charge in [-0.15, -0.1) is 12.4 Å². The van der Waals surface area contributed by atoms with Crippen LogP contribution in [-0.4, -0.2) is 38.4 Å². The van der Waals surface area contributed by atoms with Gasteiger partial charge in [-0.1, -0.05) is 12.1 Å². The van der Waals surface area contributed by atoms with Gasteiger partial charge in [0.15, 0.2) is 14.6 Å². The van der Waals surface area contributed by atoms with Crippen molar-refractivity contribution in [2.45, 2.75) is 24.5 Å². The van der Waals surface area contributed by atoms with E-state index in [1.54, 1.807) is 24.3 Å². The van der Waals surface area contributed by atoms with Gasteiger partial charge < -0.3 is 15.4 Å². The van der Waals surface area contributed by atoms with Crippen LogP contribution >= 0.6 is 12.4 Å². The molecule has 6 nitrogen and oxygen atoms in total. The van der Waals surface area contributed by atoms with Gasteiger partial charge in [-0.2, -0.15) is 0 Å². The fraction of sp³-hybridized carbons (Fsp3) is 0.350. The van der Waals surface area contributed by atoms with Gasteiger partial charge in [-0.05, 0) is 74.8 Å². The van der Waals surface area contributed by atoms with Gasteiger partial charge >= 0.3 is 0 Å². The van der Waals surface area contributed by atoms with Crippen molar-refractivity contribution in [3.05, 3.63) is 54.1 Å². The van der Waals surface area contributed by atoms with Crippen molar-refractivity contribution in [3.8, 4) is 11.5 Å². The van der Waals surface area contributed by atoms with Gasteiger partial charge in [0, 0.05) is 11.9 Å². The molecule has 1 amide bonds. The number of hydrogen-bond acceptors (Lipinski definition) is 5. The Bertz CT molecular complexity index is 923. The van der Waals surface area contributed by atoms with Gasteiger partial charge in [-0.25, -0.2) is 8.42 Å². The minimum absolute atomic E-state index is 0. The molecule has 152 valence electrons. The van der Waals surface area contributed by atoms with E-state index in [2.05, 4.69) is 10.6 Å². The summed E-state index contributed by atoms with van der Waals surface area (Å²) in [5, 5.41) is 5.86. The number of nitrogens with one attached hydrogen (secondary N) is 2. The zero-order valence-electron chi connectivity index (χ0n) is 15.9. The minimum atomic E-state index is -3.54. The smallest absolute Gasteiger partial charge is 0.245 e. The molecule has 1 heterocycles. The lowest BCUT2D eigenvalue weighted by molar-refractivity contribution is -0.119. The highest BCUT2D eigenvalue weighted by molar-refractivity contribution is 7.92. The van der Waals surface area contributed by atoms with Crippen molar-refractivity contribution in [3.63, 3.8) is 0 Å². The van der Waals surface area contributed by atoms with Crippen molar-refractivity contribution in [1.82, 2.24) is 5.32 Å². The maximum absolute atomic E-state index is 12.8. The molecule has 1 aliphatic rings. The molecule has 2 N–H and O–H groups in total. The Hall–Kier alpha value is -2.09. The van der Waals surface area contributed by atoms with Crippen LogP contribution in [0, 0.1) is 6.92 Å². The first kappa shape index (κ1) is 22.2. The van der Waals surface area contributed by atoms with E-state index in [0.29, 0.717) is 24.5 Å². The fourth-order valence-electron chi connectivity index (χ4n) is 3.26. The number of carbonyl (C=O) groups is 1. The number of rotatable bonds is 5. The predicted octanol–water partition coefficient (Wildman–Crippen LogP) is 3.31. The first-order valence-corrected chi connectivity index (χ1v) is 10.8. The molecule has 1 fully saturated rings. The van der Waals surface area contributed by atoms with Crippen molar-refractivity contribution >= 4 is 33.8 Å². The van der Waals surface area contributed by atoms with Crippen molar-refractivity contribution in [2.24, 2.45) is 0 Å². The molecule has 1 saturated heterocycles. The van der Waals surface area contributed by atoms with Crippen LogP contribution in [0.5, 0.6) is 11.5 Å². The normalized spacial score (nSPS) is 15.9. The van der Waals surface area contributed by atoms with Crippen LogP contribution in [0.4, 0.5) is 5.69 Å². The second kappa shape index (κ2) is 8.94. The first-order chi connectivity index (χ1) is 12.8. The highest BCUT2D eigenvalue weighted by Gasteiger charge is 2.48.